The van der Waals surface area contributed by atoms with Crippen molar-refractivity contribution in [2.45, 2.75) is 26.4 Å². The van der Waals surface area contributed by atoms with Gasteiger partial charge >= 0.3 is 0 Å². The average Bonchev–Trinajstić information content (AvgIpc) is 2.29. The largest absolute Gasteiger partial charge is 0.493 e. The Labute approximate surface area is 95.9 Å². The second kappa shape index (κ2) is 5.39. The molecule has 1 unspecified atom stereocenters. The average molecular weight is 222 g/mol. The fraction of sp³-hybridized carbons (Fsp3) is 0.417. The summed E-state index contributed by atoms with van der Waals surface area (Å²) in [6, 6.07) is 5.24. The third-order valence-corrected chi connectivity index (χ3v) is 2.38. The normalized spacial score (nSPS) is 11.9. The number of nitrogens with one attached hydrogen (secondary N) is 1. The molecule has 0 aromatic heterocycles. The van der Waals surface area contributed by atoms with Crippen LogP contribution in [0.3, 0.4) is 0 Å². The van der Waals surface area contributed by atoms with Crippen molar-refractivity contribution in [1.82, 2.24) is 0 Å². The zero-order chi connectivity index (χ0) is 12.1. The van der Waals surface area contributed by atoms with Crippen LogP contribution in [0.1, 0.15) is 25.8 Å². The molecular weight excluding hydrogens is 204 g/mol. The summed E-state index contributed by atoms with van der Waals surface area (Å²) in [5.74, 6) is 1.31. The summed E-state index contributed by atoms with van der Waals surface area (Å²) in [6.45, 7) is 4.05. The van der Waals surface area contributed by atoms with Gasteiger partial charge in [-0.25, -0.2) is 0 Å². The maximum atomic E-state index is 7.34. The smallest absolute Gasteiger partial charge is 0.161 e. The van der Waals surface area contributed by atoms with Crippen molar-refractivity contribution in [3.63, 3.8) is 0 Å². The Hall–Kier alpha value is -1.71. The molecule has 0 spiro atoms. The quantitative estimate of drug-likeness (QED) is 0.592. The Morgan fingerprint density at radius 3 is 2.62 bits per heavy atom. The van der Waals surface area contributed by atoms with E-state index in [1.54, 1.807) is 25.3 Å². The fourth-order valence-corrected chi connectivity index (χ4v) is 1.23. The molecule has 3 N–H and O–H groups in total. The van der Waals surface area contributed by atoms with Crippen molar-refractivity contribution < 1.29 is 9.47 Å². The molecule has 0 heterocycles. The lowest BCUT2D eigenvalue weighted by atomic mass is 10.2. The SMILES string of the molecule is CCC(C)Oc1ccc(C(=N)N)cc1OC. The van der Waals surface area contributed by atoms with Gasteiger partial charge in [0.15, 0.2) is 11.5 Å². The van der Waals surface area contributed by atoms with Crippen molar-refractivity contribution in [2.24, 2.45) is 5.73 Å². The number of amidine groups is 1. The molecule has 1 atom stereocenters. The van der Waals surface area contributed by atoms with Crippen molar-refractivity contribution in [2.75, 3.05) is 7.11 Å². The molecule has 0 aliphatic rings. The topological polar surface area (TPSA) is 68.3 Å². The van der Waals surface area contributed by atoms with Gasteiger partial charge in [0.2, 0.25) is 0 Å². The van der Waals surface area contributed by atoms with Crippen molar-refractivity contribution >= 4 is 5.84 Å². The predicted octanol–water partition coefficient (Wildman–Crippen LogP) is 2.16. The number of benzene rings is 1. The molecule has 0 aliphatic carbocycles. The lowest BCUT2D eigenvalue weighted by Crippen LogP contribution is -2.13. The van der Waals surface area contributed by atoms with Gasteiger partial charge in [-0.3, -0.25) is 5.41 Å². The van der Waals surface area contributed by atoms with E-state index in [9.17, 15) is 0 Å². The minimum atomic E-state index is 0.0217. The molecule has 0 saturated carbocycles. The van der Waals surface area contributed by atoms with Gasteiger partial charge in [0.05, 0.1) is 13.2 Å². The van der Waals surface area contributed by atoms with E-state index in [-0.39, 0.29) is 11.9 Å². The van der Waals surface area contributed by atoms with E-state index in [0.717, 1.165) is 6.42 Å². The highest BCUT2D eigenvalue weighted by atomic mass is 16.5. The highest BCUT2D eigenvalue weighted by molar-refractivity contribution is 5.95. The third kappa shape index (κ3) is 2.89. The van der Waals surface area contributed by atoms with Crippen LogP contribution in [0.2, 0.25) is 0 Å². The highest BCUT2D eigenvalue weighted by Gasteiger charge is 2.09. The first kappa shape index (κ1) is 12.4. The van der Waals surface area contributed by atoms with Gasteiger partial charge < -0.3 is 15.2 Å². The molecule has 0 bridgehead atoms. The lowest BCUT2D eigenvalue weighted by molar-refractivity contribution is 0.207. The molecule has 1 aromatic carbocycles. The number of hydrogen-bond acceptors (Lipinski definition) is 3. The Morgan fingerprint density at radius 1 is 1.44 bits per heavy atom. The van der Waals surface area contributed by atoms with Crippen molar-refractivity contribution in [1.29, 1.82) is 5.41 Å². The second-order valence-electron chi connectivity index (χ2n) is 3.62. The number of nitrogens with two attached hydrogens (primary N) is 1. The molecule has 4 heteroatoms. The maximum Gasteiger partial charge on any atom is 0.161 e. The van der Waals surface area contributed by atoms with Crippen LogP contribution in [0, 0.1) is 5.41 Å². The Kier molecular flexibility index (Phi) is 4.17. The number of rotatable bonds is 5. The fourth-order valence-electron chi connectivity index (χ4n) is 1.23. The van der Waals surface area contributed by atoms with Crippen LogP contribution in [0.5, 0.6) is 11.5 Å². The predicted molar refractivity (Wildman–Crippen MR) is 64.4 cm³/mol. The van der Waals surface area contributed by atoms with Gasteiger partial charge in [0, 0.05) is 5.56 Å². The first-order valence-electron chi connectivity index (χ1n) is 5.27. The minimum Gasteiger partial charge on any atom is -0.493 e. The van der Waals surface area contributed by atoms with Crippen LogP contribution in [-0.2, 0) is 0 Å². The van der Waals surface area contributed by atoms with Gasteiger partial charge in [-0.1, -0.05) is 6.92 Å². The van der Waals surface area contributed by atoms with E-state index >= 15 is 0 Å². The van der Waals surface area contributed by atoms with Crippen molar-refractivity contribution in [3.8, 4) is 11.5 Å². The van der Waals surface area contributed by atoms with Gasteiger partial charge in [-0.2, -0.15) is 0 Å². The van der Waals surface area contributed by atoms with E-state index in [2.05, 4.69) is 6.92 Å². The van der Waals surface area contributed by atoms with Gasteiger partial charge in [0.25, 0.3) is 0 Å². The van der Waals surface area contributed by atoms with E-state index in [4.69, 9.17) is 20.6 Å². The summed E-state index contributed by atoms with van der Waals surface area (Å²) in [5.41, 5.74) is 6.03. The Bertz CT molecular complexity index is 377. The molecule has 0 fully saturated rings. The Morgan fingerprint density at radius 2 is 2.12 bits per heavy atom. The molecular formula is C12H18N2O2. The van der Waals surface area contributed by atoms with Crippen LogP contribution >= 0.6 is 0 Å². The summed E-state index contributed by atoms with van der Waals surface area (Å²) in [4.78, 5) is 0. The molecule has 1 aromatic rings. The third-order valence-electron chi connectivity index (χ3n) is 2.38. The monoisotopic (exact) mass is 222 g/mol. The van der Waals surface area contributed by atoms with E-state index in [1.165, 1.54) is 0 Å². The zero-order valence-electron chi connectivity index (χ0n) is 9.91. The van der Waals surface area contributed by atoms with E-state index in [0.29, 0.717) is 17.1 Å². The summed E-state index contributed by atoms with van der Waals surface area (Å²) in [7, 11) is 1.57. The van der Waals surface area contributed by atoms with E-state index < -0.39 is 0 Å². The first-order chi connectivity index (χ1) is 7.58. The molecule has 0 amide bonds. The van der Waals surface area contributed by atoms with E-state index in [1.807, 2.05) is 6.92 Å². The molecule has 0 saturated heterocycles. The molecule has 1 rings (SSSR count). The zero-order valence-corrected chi connectivity index (χ0v) is 9.91. The van der Waals surface area contributed by atoms with Crippen LogP contribution in [-0.4, -0.2) is 19.0 Å². The van der Waals surface area contributed by atoms with Crippen LogP contribution < -0.4 is 15.2 Å². The van der Waals surface area contributed by atoms with Gasteiger partial charge in [0.1, 0.15) is 5.84 Å². The van der Waals surface area contributed by atoms with Crippen LogP contribution in [0.25, 0.3) is 0 Å². The van der Waals surface area contributed by atoms with Crippen LogP contribution in [0.4, 0.5) is 0 Å². The van der Waals surface area contributed by atoms with Gasteiger partial charge in [-0.05, 0) is 31.5 Å². The molecule has 4 nitrogen and oxygen atoms in total. The standard InChI is InChI=1S/C12H18N2O2/c1-4-8(2)16-10-6-5-9(12(13)14)7-11(10)15-3/h5-8H,4H2,1-3H3,(H3,13,14). The number of methoxy groups -OCH3 is 1. The first-order valence-corrected chi connectivity index (χ1v) is 5.27. The molecule has 0 aliphatic heterocycles. The molecule has 0 radical (unpaired) electrons. The van der Waals surface area contributed by atoms with Gasteiger partial charge in [-0.15, -0.1) is 0 Å². The molecule has 16 heavy (non-hydrogen) atoms. The summed E-state index contributed by atoms with van der Waals surface area (Å²) >= 11 is 0. The summed E-state index contributed by atoms with van der Waals surface area (Å²) < 4.78 is 10.9. The maximum absolute atomic E-state index is 7.34. The number of ether oxygens (including phenoxy) is 2. The van der Waals surface area contributed by atoms with Crippen molar-refractivity contribution in [3.05, 3.63) is 23.8 Å². The summed E-state index contributed by atoms with van der Waals surface area (Å²) in [6.07, 6.45) is 1.06. The summed E-state index contributed by atoms with van der Waals surface area (Å²) in [5, 5.41) is 7.34. The van der Waals surface area contributed by atoms with Crippen LogP contribution in [0.15, 0.2) is 18.2 Å². The number of nitrogen functional groups attached to an aromatic ring is 1. The lowest BCUT2D eigenvalue weighted by Gasteiger charge is -2.16. The minimum absolute atomic E-state index is 0.0217. The number of hydrogen-bond donors (Lipinski definition) is 2. The Balaban J connectivity index is 2.97. The molecule has 88 valence electrons. The highest BCUT2D eigenvalue weighted by Crippen LogP contribution is 2.29. The second-order valence-corrected chi connectivity index (χ2v) is 3.62.